The van der Waals surface area contributed by atoms with Crippen molar-refractivity contribution in [1.29, 1.82) is 0 Å². The second-order valence-corrected chi connectivity index (χ2v) is 5.49. The summed E-state index contributed by atoms with van der Waals surface area (Å²) in [6.07, 6.45) is -3.70. The van der Waals surface area contributed by atoms with Gasteiger partial charge in [-0.15, -0.1) is 0 Å². The van der Waals surface area contributed by atoms with E-state index in [1.54, 1.807) is 6.07 Å². The lowest BCUT2D eigenvalue weighted by molar-refractivity contribution is -0.342. The molecular weight excluding hydrogens is 304 g/mol. The van der Waals surface area contributed by atoms with Gasteiger partial charge >= 0.3 is 0 Å². The van der Waals surface area contributed by atoms with Crippen LogP contribution in [-0.4, -0.2) is 40.2 Å². The molecular formula is C12H13BrO5. The first kappa shape index (κ1) is 12.5. The van der Waals surface area contributed by atoms with Crippen LogP contribution in [0.1, 0.15) is 11.1 Å². The zero-order valence-electron chi connectivity index (χ0n) is 9.41. The molecule has 4 unspecified atom stereocenters. The number of hydrogen-bond acceptors (Lipinski definition) is 5. The van der Waals surface area contributed by atoms with E-state index < -0.39 is 24.1 Å². The topological polar surface area (TPSA) is 79.2 Å². The van der Waals surface area contributed by atoms with E-state index in [1.165, 1.54) is 0 Å². The van der Waals surface area contributed by atoms with Gasteiger partial charge in [-0.1, -0.05) is 22.0 Å². The van der Waals surface area contributed by atoms with Gasteiger partial charge in [0.25, 0.3) is 0 Å². The minimum atomic E-state index is -1.37. The SMILES string of the molecule is OC1COC2(OCc3cc(Br)ccc32)C(O)C1O. The van der Waals surface area contributed by atoms with Gasteiger partial charge in [-0.25, -0.2) is 0 Å². The third kappa shape index (κ3) is 1.65. The van der Waals surface area contributed by atoms with E-state index in [9.17, 15) is 15.3 Å². The van der Waals surface area contributed by atoms with Crippen molar-refractivity contribution in [2.24, 2.45) is 0 Å². The van der Waals surface area contributed by atoms with Crippen molar-refractivity contribution in [1.82, 2.24) is 0 Å². The molecule has 2 heterocycles. The molecule has 2 aliphatic rings. The van der Waals surface area contributed by atoms with Crippen LogP contribution in [0.3, 0.4) is 0 Å². The van der Waals surface area contributed by atoms with Crippen LogP contribution in [0.25, 0.3) is 0 Å². The molecule has 4 atom stereocenters. The number of halogens is 1. The summed E-state index contributed by atoms with van der Waals surface area (Å²) in [6, 6.07) is 5.50. The highest BCUT2D eigenvalue weighted by Crippen LogP contribution is 2.44. The van der Waals surface area contributed by atoms with E-state index in [0.29, 0.717) is 12.2 Å². The highest BCUT2D eigenvalue weighted by molar-refractivity contribution is 9.10. The van der Waals surface area contributed by atoms with Gasteiger partial charge in [0.1, 0.15) is 18.3 Å². The largest absolute Gasteiger partial charge is 0.388 e. The molecule has 6 heteroatoms. The predicted octanol–water partition coefficient (Wildman–Crippen LogP) is 0.245. The molecule has 0 radical (unpaired) electrons. The molecule has 1 spiro atoms. The summed E-state index contributed by atoms with van der Waals surface area (Å²) in [6.45, 7) is 0.225. The van der Waals surface area contributed by atoms with Crippen molar-refractivity contribution in [3.63, 3.8) is 0 Å². The van der Waals surface area contributed by atoms with E-state index >= 15 is 0 Å². The quantitative estimate of drug-likeness (QED) is 0.639. The summed E-state index contributed by atoms with van der Waals surface area (Å²) in [5.74, 6) is -1.37. The maximum atomic E-state index is 10.1. The Hall–Kier alpha value is -0.500. The maximum Gasteiger partial charge on any atom is 0.225 e. The van der Waals surface area contributed by atoms with Crippen LogP contribution in [0.2, 0.25) is 0 Å². The van der Waals surface area contributed by atoms with Crippen molar-refractivity contribution in [2.45, 2.75) is 30.7 Å². The lowest BCUT2D eigenvalue weighted by atomic mass is 9.90. The first-order valence-electron chi connectivity index (χ1n) is 5.65. The molecule has 0 amide bonds. The molecule has 0 saturated carbocycles. The van der Waals surface area contributed by atoms with Gasteiger partial charge in [0.15, 0.2) is 0 Å². The number of benzene rings is 1. The van der Waals surface area contributed by atoms with E-state index in [0.717, 1.165) is 10.0 Å². The minimum absolute atomic E-state index is 0.0757. The summed E-state index contributed by atoms with van der Waals surface area (Å²) in [4.78, 5) is 0. The number of aliphatic hydroxyl groups is 3. The fourth-order valence-corrected chi connectivity index (χ4v) is 2.89. The Morgan fingerprint density at radius 2 is 2.00 bits per heavy atom. The van der Waals surface area contributed by atoms with E-state index in [2.05, 4.69) is 15.9 Å². The van der Waals surface area contributed by atoms with Crippen LogP contribution < -0.4 is 0 Å². The molecule has 98 valence electrons. The lowest BCUT2D eigenvalue weighted by Gasteiger charge is -2.42. The number of ether oxygens (including phenoxy) is 2. The fourth-order valence-electron chi connectivity index (χ4n) is 2.48. The summed E-state index contributed by atoms with van der Waals surface area (Å²) < 4.78 is 12.0. The highest BCUT2D eigenvalue weighted by Gasteiger charge is 2.55. The van der Waals surface area contributed by atoms with Gasteiger partial charge in [0.05, 0.1) is 13.2 Å². The monoisotopic (exact) mass is 316 g/mol. The van der Waals surface area contributed by atoms with Gasteiger partial charge in [-0.05, 0) is 17.7 Å². The number of hydrogen-bond donors (Lipinski definition) is 3. The normalized spacial score (nSPS) is 39.0. The smallest absolute Gasteiger partial charge is 0.225 e. The van der Waals surface area contributed by atoms with E-state index in [1.807, 2.05) is 12.1 Å². The Labute approximate surface area is 112 Å². The Kier molecular flexibility index (Phi) is 2.97. The molecule has 0 aliphatic carbocycles. The highest BCUT2D eigenvalue weighted by atomic mass is 79.9. The summed E-state index contributed by atoms with van der Waals surface area (Å²) >= 11 is 3.37. The van der Waals surface area contributed by atoms with Gasteiger partial charge < -0.3 is 24.8 Å². The second-order valence-electron chi connectivity index (χ2n) is 4.57. The molecule has 1 aromatic carbocycles. The van der Waals surface area contributed by atoms with Crippen LogP contribution in [0, 0.1) is 0 Å². The van der Waals surface area contributed by atoms with Gasteiger partial charge in [-0.2, -0.15) is 0 Å². The van der Waals surface area contributed by atoms with Crippen molar-refractivity contribution < 1.29 is 24.8 Å². The van der Waals surface area contributed by atoms with Gasteiger partial charge in [-0.3, -0.25) is 0 Å². The van der Waals surface area contributed by atoms with Crippen molar-refractivity contribution >= 4 is 15.9 Å². The summed E-state index contributed by atoms with van der Waals surface area (Å²) in [7, 11) is 0. The molecule has 3 N–H and O–H groups in total. The fraction of sp³-hybridized carbons (Fsp3) is 0.500. The zero-order valence-corrected chi connectivity index (χ0v) is 11.0. The van der Waals surface area contributed by atoms with Crippen molar-refractivity contribution in [2.75, 3.05) is 6.61 Å². The second kappa shape index (κ2) is 4.26. The predicted molar refractivity (Wildman–Crippen MR) is 64.6 cm³/mol. The van der Waals surface area contributed by atoms with Crippen LogP contribution in [0.4, 0.5) is 0 Å². The minimum Gasteiger partial charge on any atom is -0.388 e. The molecule has 1 fully saturated rings. The van der Waals surface area contributed by atoms with Gasteiger partial charge in [0, 0.05) is 10.0 Å². The van der Waals surface area contributed by atoms with Gasteiger partial charge in [0.2, 0.25) is 5.79 Å². The van der Waals surface area contributed by atoms with Crippen LogP contribution in [-0.2, 0) is 21.9 Å². The molecule has 3 rings (SSSR count). The zero-order chi connectivity index (χ0) is 12.9. The third-order valence-corrected chi connectivity index (χ3v) is 3.95. The Morgan fingerprint density at radius 3 is 2.78 bits per heavy atom. The van der Waals surface area contributed by atoms with Crippen LogP contribution in [0.15, 0.2) is 22.7 Å². The first-order valence-corrected chi connectivity index (χ1v) is 6.45. The maximum absolute atomic E-state index is 10.1. The Bertz CT molecular complexity index is 480. The average Bonchev–Trinajstić information content (AvgIpc) is 2.71. The number of aliphatic hydroxyl groups excluding tert-OH is 3. The third-order valence-electron chi connectivity index (χ3n) is 3.46. The summed E-state index contributed by atoms with van der Waals surface area (Å²) in [5, 5.41) is 29.4. The Balaban J connectivity index is 2.04. The molecule has 1 aromatic rings. The molecule has 18 heavy (non-hydrogen) atoms. The van der Waals surface area contributed by atoms with Crippen molar-refractivity contribution in [3.05, 3.63) is 33.8 Å². The molecule has 1 saturated heterocycles. The van der Waals surface area contributed by atoms with Crippen LogP contribution >= 0.6 is 15.9 Å². The Morgan fingerprint density at radius 1 is 1.22 bits per heavy atom. The molecule has 0 bridgehead atoms. The number of fused-ring (bicyclic) bond motifs is 2. The summed E-state index contributed by atoms with van der Waals surface area (Å²) in [5.41, 5.74) is 1.59. The molecule has 2 aliphatic heterocycles. The van der Waals surface area contributed by atoms with Crippen LogP contribution in [0.5, 0.6) is 0 Å². The number of rotatable bonds is 0. The molecule has 0 aromatic heterocycles. The van der Waals surface area contributed by atoms with Crippen molar-refractivity contribution in [3.8, 4) is 0 Å². The van der Waals surface area contributed by atoms with E-state index in [-0.39, 0.29) is 6.61 Å². The lowest BCUT2D eigenvalue weighted by Crippen LogP contribution is -2.58. The molecule has 5 nitrogen and oxygen atoms in total. The first-order chi connectivity index (χ1) is 8.54. The average molecular weight is 317 g/mol. The van der Waals surface area contributed by atoms with E-state index in [4.69, 9.17) is 9.47 Å². The standard InChI is InChI=1S/C12H13BrO5/c13-7-1-2-8-6(3-7)4-17-12(8)11(16)10(15)9(14)5-18-12/h1-3,9-11,14-16H,4-5H2.